The van der Waals surface area contributed by atoms with Crippen LogP contribution < -0.4 is 5.32 Å². The molecule has 0 unspecified atom stereocenters. The summed E-state index contributed by atoms with van der Waals surface area (Å²) in [4.78, 5) is 26.5. The Hall–Kier alpha value is -1.91. The number of rotatable bonds is 11. The Balaban J connectivity index is 2.16. The first-order valence-electron chi connectivity index (χ1n) is 8.13. The molecule has 0 atom stereocenters. The van der Waals surface area contributed by atoms with E-state index < -0.39 is 5.97 Å². The maximum atomic E-state index is 11.9. The third-order valence-electron chi connectivity index (χ3n) is 3.52. The lowest BCUT2D eigenvalue weighted by Crippen LogP contribution is -2.25. The average molecular weight is 306 g/mol. The molecule has 1 rings (SSSR count). The van der Waals surface area contributed by atoms with Crippen LogP contribution in [-0.2, 0) is 0 Å². The standard InChI is InChI=1S/C17H26N2O3/c1-2-3-4-5-6-7-8-9-13-18-16(20)14-11-10-12-15(19-14)17(21)22/h10-12H,2-9,13H2,1H3,(H,18,20)(H,21,22). The summed E-state index contributed by atoms with van der Waals surface area (Å²) in [7, 11) is 0. The van der Waals surface area contributed by atoms with Gasteiger partial charge in [-0.3, -0.25) is 4.79 Å². The van der Waals surface area contributed by atoms with Gasteiger partial charge in [0.15, 0.2) is 0 Å². The van der Waals surface area contributed by atoms with Gasteiger partial charge in [0.05, 0.1) is 0 Å². The number of nitrogens with one attached hydrogen (secondary N) is 1. The van der Waals surface area contributed by atoms with E-state index >= 15 is 0 Å². The fourth-order valence-electron chi connectivity index (χ4n) is 2.23. The molecule has 0 radical (unpaired) electrons. The van der Waals surface area contributed by atoms with Gasteiger partial charge >= 0.3 is 5.97 Å². The highest BCUT2D eigenvalue weighted by atomic mass is 16.4. The van der Waals surface area contributed by atoms with E-state index in [4.69, 9.17) is 5.11 Å². The van der Waals surface area contributed by atoms with E-state index in [2.05, 4.69) is 17.2 Å². The molecule has 122 valence electrons. The number of aromatic nitrogens is 1. The van der Waals surface area contributed by atoms with E-state index in [1.807, 2.05) is 0 Å². The monoisotopic (exact) mass is 306 g/mol. The van der Waals surface area contributed by atoms with Gasteiger partial charge in [-0.05, 0) is 18.6 Å². The van der Waals surface area contributed by atoms with Gasteiger partial charge < -0.3 is 10.4 Å². The smallest absolute Gasteiger partial charge is 0.354 e. The highest BCUT2D eigenvalue weighted by Crippen LogP contribution is 2.08. The van der Waals surface area contributed by atoms with Crippen molar-refractivity contribution in [2.75, 3.05) is 6.54 Å². The number of unbranched alkanes of at least 4 members (excludes halogenated alkanes) is 7. The SMILES string of the molecule is CCCCCCCCCCNC(=O)c1cccc(C(=O)O)n1. The van der Waals surface area contributed by atoms with Crippen LogP contribution in [0.3, 0.4) is 0 Å². The number of amides is 1. The van der Waals surface area contributed by atoms with Gasteiger partial charge in [0.2, 0.25) is 0 Å². The minimum atomic E-state index is -1.13. The molecule has 0 aliphatic heterocycles. The molecule has 1 aromatic heterocycles. The van der Waals surface area contributed by atoms with Crippen molar-refractivity contribution in [2.24, 2.45) is 0 Å². The zero-order valence-corrected chi connectivity index (χ0v) is 13.3. The van der Waals surface area contributed by atoms with Crippen molar-refractivity contribution in [2.45, 2.75) is 58.3 Å². The van der Waals surface area contributed by atoms with Gasteiger partial charge in [0.1, 0.15) is 11.4 Å². The van der Waals surface area contributed by atoms with Crippen molar-refractivity contribution in [3.05, 3.63) is 29.6 Å². The number of hydrogen-bond acceptors (Lipinski definition) is 3. The highest BCUT2D eigenvalue weighted by Gasteiger charge is 2.10. The second-order valence-electron chi connectivity index (χ2n) is 5.44. The maximum absolute atomic E-state index is 11.9. The number of aromatic carboxylic acids is 1. The van der Waals surface area contributed by atoms with E-state index in [0.29, 0.717) is 6.54 Å². The van der Waals surface area contributed by atoms with Crippen LogP contribution in [0.1, 0.15) is 79.3 Å². The average Bonchev–Trinajstić information content (AvgIpc) is 2.53. The van der Waals surface area contributed by atoms with Crippen LogP contribution in [0.5, 0.6) is 0 Å². The molecular weight excluding hydrogens is 280 g/mol. The molecule has 0 aromatic carbocycles. The molecule has 1 amide bonds. The van der Waals surface area contributed by atoms with Gasteiger partial charge in [-0.15, -0.1) is 0 Å². The minimum absolute atomic E-state index is 0.111. The number of hydrogen-bond donors (Lipinski definition) is 2. The molecular formula is C17H26N2O3. The molecule has 5 heteroatoms. The summed E-state index contributed by atoms with van der Waals surface area (Å²) in [6.45, 7) is 2.82. The van der Waals surface area contributed by atoms with Crippen molar-refractivity contribution in [1.29, 1.82) is 0 Å². The number of carboxylic acid groups (broad SMARTS) is 1. The Kier molecular flexibility index (Phi) is 8.88. The first-order valence-corrected chi connectivity index (χ1v) is 8.13. The summed E-state index contributed by atoms with van der Waals surface area (Å²) in [5, 5.41) is 11.6. The molecule has 0 saturated carbocycles. The lowest BCUT2D eigenvalue weighted by Gasteiger charge is -2.05. The van der Waals surface area contributed by atoms with Crippen molar-refractivity contribution < 1.29 is 14.7 Å². The van der Waals surface area contributed by atoms with Crippen LogP contribution in [0.15, 0.2) is 18.2 Å². The van der Waals surface area contributed by atoms with Gasteiger partial charge in [-0.25, -0.2) is 9.78 Å². The maximum Gasteiger partial charge on any atom is 0.354 e. The number of carbonyl (C=O) groups is 2. The predicted octanol–water partition coefficient (Wildman–Crippen LogP) is 3.65. The molecule has 2 N–H and O–H groups in total. The Morgan fingerprint density at radius 1 is 1.00 bits per heavy atom. The fourth-order valence-corrected chi connectivity index (χ4v) is 2.23. The number of carbonyl (C=O) groups excluding carboxylic acids is 1. The van der Waals surface area contributed by atoms with Crippen LogP contribution >= 0.6 is 0 Å². The van der Waals surface area contributed by atoms with Crippen molar-refractivity contribution in [3.63, 3.8) is 0 Å². The Labute approximate surface area is 132 Å². The fraction of sp³-hybridized carbons (Fsp3) is 0.588. The summed E-state index contributed by atoms with van der Waals surface area (Å²) in [5.41, 5.74) is 0.0409. The Morgan fingerprint density at radius 3 is 2.23 bits per heavy atom. The summed E-state index contributed by atoms with van der Waals surface area (Å²) < 4.78 is 0. The summed E-state index contributed by atoms with van der Waals surface area (Å²) in [5.74, 6) is -1.44. The molecule has 0 bridgehead atoms. The Bertz CT molecular complexity index is 475. The van der Waals surface area contributed by atoms with Crippen LogP contribution in [0.4, 0.5) is 0 Å². The van der Waals surface area contributed by atoms with Crippen LogP contribution in [0, 0.1) is 0 Å². The van der Waals surface area contributed by atoms with E-state index in [1.54, 1.807) is 0 Å². The molecule has 5 nitrogen and oxygen atoms in total. The largest absolute Gasteiger partial charge is 0.477 e. The third-order valence-corrected chi connectivity index (χ3v) is 3.52. The summed E-state index contributed by atoms with van der Waals surface area (Å²) in [6.07, 6.45) is 9.71. The number of nitrogens with zero attached hydrogens (tertiary/aromatic N) is 1. The lowest BCUT2D eigenvalue weighted by molar-refractivity contribution is 0.0690. The van der Waals surface area contributed by atoms with E-state index in [-0.39, 0.29) is 17.3 Å². The third kappa shape index (κ3) is 7.20. The number of pyridine rings is 1. The van der Waals surface area contributed by atoms with Crippen molar-refractivity contribution in [3.8, 4) is 0 Å². The lowest BCUT2D eigenvalue weighted by atomic mass is 10.1. The van der Waals surface area contributed by atoms with Crippen LogP contribution in [-0.4, -0.2) is 28.5 Å². The Morgan fingerprint density at radius 2 is 1.59 bits per heavy atom. The zero-order valence-electron chi connectivity index (χ0n) is 13.3. The second kappa shape index (κ2) is 10.8. The second-order valence-corrected chi connectivity index (χ2v) is 5.44. The number of carboxylic acids is 1. The van der Waals surface area contributed by atoms with Crippen molar-refractivity contribution in [1.82, 2.24) is 10.3 Å². The first kappa shape index (κ1) is 18.1. The molecule has 1 heterocycles. The summed E-state index contributed by atoms with van der Waals surface area (Å²) >= 11 is 0. The molecule has 0 aliphatic rings. The molecule has 1 aromatic rings. The molecule has 22 heavy (non-hydrogen) atoms. The van der Waals surface area contributed by atoms with Crippen molar-refractivity contribution >= 4 is 11.9 Å². The normalized spacial score (nSPS) is 10.4. The quantitative estimate of drug-likeness (QED) is 0.612. The molecule has 0 spiro atoms. The van der Waals surface area contributed by atoms with Gasteiger partial charge in [0, 0.05) is 6.54 Å². The predicted molar refractivity (Wildman–Crippen MR) is 86.1 cm³/mol. The molecule has 0 fully saturated rings. The molecule has 0 aliphatic carbocycles. The zero-order chi connectivity index (χ0) is 16.2. The van der Waals surface area contributed by atoms with Gasteiger partial charge in [-0.2, -0.15) is 0 Å². The van der Waals surface area contributed by atoms with E-state index in [1.165, 1.54) is 56.7 Å². The van der Waals surface area contributed by atoms with Crippen LogP contribution in [0.2, 0.25) is 0 Å². The van der Waals surface area contributed by atoms with Gasteiger partial charge in [-0.1, -0.05) is 57.9 Å². The first-order chi connectivity index (χ1) is 10.6. The van der Waals surface area contributed by atoms with E-state index in [0.717, 1.165) is 12.8 Å². The van der Waals surface area contributed by atoms with E-state index in [9.17, 15) is 9.59 Å². The van der Waals surface area contributed by atoms with Crippen LogP contribution in [0.25, 0.3) is 0 Å². The molecule has 0 saturated heterocycles. The summed E-state index contributed by atoms with van der Waals surface area (Å²) in [6, 6.07) is 4.43. The topological polar surface area (TPSA) is 79.3 Å². The highest BCUT2D eigenvalue weighted by molar-refractivity contribution is 5.94. The van der Waals surface area contributed by atoms with Gasteiger partial charge in [0.25, 0.3) is 5.91 Å². The minimum Gasteiger partial charge on any atom is -0.477 e.